The highest BCUT2D eigenvalue weighted by atomic mass is 35.5. The number of thioether (sulfide) groups is 1. The molecule has 0 aliphatic carbocycles. The first-order valence-corrected chi connectivity index (χ1v) is 16.2. The summed E-state index contributed by atoms with van der Waals surface area (Å²) in [5, 5.41) is 26.2. The van der Waals surface area contributed by atoms with Crippen molar-refractivity contribution < 1.29 is 47.4 Å². The number of imide groups is 1. The summed E-state index contributed by atoms with van der Waals surface area (Å²) >= 11 is 6.49. The van der Waals surface area contributed by atoms with Gasteiger partial charge in [-0.05, 0) is 74.0 Å². The van der Waals surface area contributed by atoms with Crippen molar-refractivity contribution in [3.05, 3.63) is 69.2 Å². The topological polar surface area (TPSA) is 166 Å². The summed E-state index contributed by atoms with van der Waals surface area (Å²) < 4.78 is 42.2. The molecular formula is C32H36ClF3N6O7S. The first kappa shape index (κ1) is 38.5. The van der Waals surface area contributed by atoms with Gasteiger partial charge in [-0.15, -0.1) is 0 Å². The number of carbonyl (C=O) groups is 4. The van der Waals surface area contributed by atoms with Crippen LogP contribution in [0.25, 0.3) is 17.0 Å². The van der Waals surface area contributed by atoms with E-state index >= 15 is 0 Å². The molecule has 18 heteroatoms. The molecule has 1 aromatic heterocycles. The van der Waals surface area contributed by atoms with Crippen molar-refractivity contribution in [3.63, 3.8) is 0 Å². The second-order valence-electron chi connectivity index (χ2n) is 13.4. The lowest BCUT2D eigenvalue weighted by molar-refractivity contribution is -0.169. The maximum absolute atomic E-state index is 13.6. The van der Waals surface area contributed by atoms with E-state index in [-0.39, 0.29) is 35.2 Å². The van der Waals surface area contributed by atoms with Gasteiger partial charge in [0.1, 0.15) is 0 Å². The minimum absolute atomic E-state index is 0.0144. The van der Waals surface area contributed by atoms with E-state index in [0.29, 0.717) is 28.2 Å². The van der Waals surface area contributed by atoms with Crippen LogP contribution >= 0.6 is 23.4 Å². The van der Waals surface area contributed by atoms with Crippen LogP contribution in [0.5, 0.6) is 0 Å². The Bertz CT molecular complexity index is 1850. The smallest absolute Gasteiger partial charge is 0.416 e. The van der Waals surface area contributed by atoms with Gasteiger partial charge in [-0.3, -0.25) is 34.2 Å². The van der Waals surface area contributed by atoms with Gasteiger partial charge in [0.05, 0.1) is 41.9 Å². The lowest BCUT2D eigenvalue weighted by atomic mass is 9.83. The van der Waals surface area contributed by atoms with Crippen molar-refractivity contribution >= 4 is 63.7 Å². The Morgan fingerprint density at radius 2 is 1.74 bits per heavy atom. The van der Waals surface area contributed by atoms with Gasteiger partial charge in [0.15, 0.2) is 0 Å². The molecule has 4 amide bonds. The zero-order valence-corrected chi connectivity index (χ0v) is 29.5. The largest absolute Gasteiger partial charge is 0.465 e. The first-order chi connectivity index (χ1) is 23.0. The molecule has 0 radical (unpaired) electrons. The van der Waals surface area contributed by atoms with E-state index in [1.807, 2.05) is 0 Å². The number of aromatic nitrogens is 2. The molecule has 3 aromatic rings. The predicted molar refractivity (Wildman–Crippen MR) is 180 cm³/mol. The number of hydrogen-bond acceptors (Lipinski definition) is 8. The Hall–Kier alpha value is -4.32. The maximum atomic E-state index is 13.6. The molecule has 4 N–H and O–H groups in total. The summed E-state index contributed by atoms with van der Waals surface area (Å²) in [6, 6.07) is 8.50. The molecule has 50 heavy (non-hydrogen) atoms. The highest BCUT2D eigenvalue weighted by Gasteiger charge is 2.55. The third-order valence-corrected chi connectivity index (χ3v) is 8.88. The van der Waals surface area contributed by atoms with Crippen molar-refractivity contribution in [2.24, 2.45) is 5.41 Å². The number of nitrogens with zero attached hydrogens (tertiary/aromatic N) is 4. The van der Waals surface area contributed by atoms with E-state index in [0.717, 1.165) is 15.9 Å². The van der Waals surface area contributed by atoms with E-state index in [9.17, 15) is 42.6 Å². The fourth-order valence-corrected chi connectivity index (χ4v) is 6.50. The zero-order chi connectivity index (χ0) is 37.4. The number of carboxylic acid groups (broad SMARTS) is 2. The maximum Gasteiger partial charge on any atom is 0.416 e. The van der Waals surface area contributed by atoms with E-state index in [1.54, 1.807) is 59.7 Å². The number of alkyl halides is 3. The number of rotatable bonds is 10. The third-order valence-electron chi connectivity index (χ3n) is 7.74. The summed E-state index contributed by atoms with van der Waals surface area (Å²) in [7, 11) is 0. The van der Waals surface area contributed by atoms with Gasteiger partial charge in [0.2, 0.25) is 5.79 Å². The van der Waals surface area contributed by atoms with Crippen molar-refractivity contribution in [1.29, 1.82) is 0 Å². The minimum Gasteiger partial charge on any atom is -0.465 e. The molecule has 0 spiro atoms. The summed E-state index contributed by atoms with van der Waals surface area (Å²) in [5.41, 5.74) is 0.542. The Kier molecular flexibility index (Phi) is 10.9. The van der Waals surface area contributed by atoms with Gasteiger partial charge in [-0.2, -0.15) is 23.8 Å². The monoisotopic (exact) mass is 740 g/mol. The summed E-state index contributed by atoms with van der Waals surface area (Å²) in [6.07, 6.45) is -4.59. The number of halogens is 4. The minimum atomic E-state index is -4.61. The number of hydrogen-bond donors (Lipinski definition) is 4. The molecule has 1 saturated heterocycles. The highest BCUT2D eigenvalue weighted by molar-refractivity contribution is 8.18. The van der Waals surface area contributed by atoms with Crippen LogP contribution < -0.4 is 10.8 Å². The Morgan fingerprint density at radius 1 is 1.06 bits per heavy atom. The van der Waals surface area contributed by atoms with Crippen LogP contribution in [0.15, 0.2) is 47.5 Å². The molecule has 1 aliphatic heterocycles. The summed E-state index contributed by atoms with van der Waals surface area (Å²) in [4.78, 5) is 57.7. The molecule has 2 heterocycles. The second kappa shape index (κ2) is 14.1. The quantitative estimate of drug-likeness (QED) is 0.0732. The molecule has 1 fully saturated rings. The molecule has 1 atom stereocenters. The fraction of sp³-hybridized carbons (Fsp3) is 0.406. The fourth-order valence-electron chi connectivity index (χ4n) is 5.46. The van der Waals surface area contributed by atoms with Crippen molar-refractivity contribution in [2.75, 3.05) is 13.2 Å². The van der Waals surface area contributed by atoms with Crippen LogP contribution in [-0.2, 0) is 22.4 Å². The van der Waals surface area contributed by atoms with Crippen LogP contribution in [0.4, 0.5) is 27.6 Å². The van der Waals surface area contributed by atoms with Gasteiger partial charge in [-0.25, -0.2) is 9.59 Å². The number of benzene rings is 2. The van der Waals surface area contributed by atoms with Gasteiger partial charge in [-0.1, -0.05) is 44.5 Å². The zero-order valence-electron chi connectivity index (χ0n) is 27.9. The predicted octanol–water partition coefficient (Wildman–Crippen LogP) is 7.06. The molecule has 1 unspecified atom stereocenters. The summed E-state index contributed by atoms with van der Waals surface area (Å²) in [6.45, 7) is 8.82. The SMILES string of the molecule is CC(C)(C)N(C(=O)O)C(NOCCN1C(=O)S/C(=C\c2ccc3c(cnn3Cc3ccc(Cl)cc3C(F)(F)F)c2)C1=O)(NC(=O)O)C(C)(C)C. The van der Waals surface area contributed by atoms with E-state index in [4.69, 9.17) is 16.4 Å². The average Bonchev–Trinajstić information content (AvgIpc) is 3.48. The molecule has 0 saturated carbocycles. The standard InChI is InChI=1S/C32H36ClF3N6O7S/c1-29(2,3)32(38-26(44)45,42(27(46)47)30(4,5)6)39-49-12-11-40-25(43)24(50-28(40)48)14-18-7-10-23-20(13-18)16-37-41(23)17-19-8-9-21(33)15-22(19)31(34,35)36/h7-10,13-16,38-39H,11-12,17H2,1-6H3,(H,44,45)(H,46,47)/b24-14-. The normalized spacial score (nSPS) is 16.3. The Morgan fingerprint density at radius 3 is 2.32 bits per heavy atom. The second-order valence-corrected chi connectivity index (χ2v) is 14.8. The molecule has 4 rings (SSSR count). The average molecular weight is 741 g/mol. The van der Waals surface area contributed by atoms with E-state index in [2.05, 4.69) is 15.9 Å². The molecule has 1 aliphatic rings. The molecule has 270 valence electrons. The number of nitrogens with one attached hydrogen (secondary N) is 2. The van der Waals surface area contributed by atoms with Crippen LogP contribution in [0.3, 0.4) is 0 Å². The van der Waals surface area contributed by atoms with E-state index < -0.39 is 51.8 Å². The Labute approximate surface area is 294 Å². The first-order valence-electron chi connectivity index (χ1n) is 15.0. The van der Waals surface area contributed by atoms with Gasteiger partial charge in [0, 0.05) is 21.4 Å². The van der Waals surface area contributed by atoms with Gasteiger partial charge >= 0.3 is 18.4 Å². The molecule has 0 bridgehead atoms. The molecular weight excluding hydrogens is 705 g/mol. The van der Waals surface area contributed by atoms with E-state index in [1.165, 1.54) is 29.1 Å². The van der Waals surface area contributed by atoms with Crippen molar-refractivity contribution in [2.45, 2.75) is 65.6 Å². The number of carbonyl (C=O) groups excluding carboxylic acids is 2. The van der Waals surface area contributed by atoms with Crippen molar-refractivity contribution in [3.8, 4) is 0 Å². The number of amides is 4. The number of fused-ring (bicyclic) bond motifs is 1. The van der Waals surface area contributed by atoms with Crippen LogP contribution in [0.2, 0.25) is 5.02 Å². The van der Waals surface area contributed by atoms with Crippen LogP contribution in [0, 0.1) is 5.41 Å². The van der Waals surface area contributed by atoms with Gasteiger partial charge < -0.3 is 10.2 Å². The van der Waals surface area contributed by atoms with Crippen LogP contribution in [0.1, 0.15) is 58.2 Å². The number of hydroxylamine groups is 1. The highest BCUT2D eigenvalue weighted by Crippen LogP contribution is 2.38. The third kappa shape index (κ3) is 8.17. The lowest BCUT2D eigenvalue weighted by Crippen LogP contribution is -2.78. The van der Waals surface area contributed by atoms with Crippen LogP contribution in [-0.4, -0.2) is 77.6 Å². The van der Waals surface area contributed by atoms with Gasteiger partial charge in [0.25, 0.3) is 11.1 Å². The molecule has 2 aromatic carbocycles. The van der Waals surface area contributed by atoms with Crippen molar-refractivity contribution in [1.82, 2.24) is 30.4 Å². The summed E-state index contributed by atoms with van der Waals surface area (Å²) in [5.74, 6) is -2.61. The molecule has 13 nitrogen and oxygen atoms in total. The lowest BCUT2D eigenvalue weighted by Gasteiger charge is -2.54. The Balaban J connectivity index is 1.48.